The third-order valence-corrected chi connectivity index (χ3v) is 4.78. The van der Waals surface area contributed by atoms with Crippen molar-refractivity contribution < 1.29 is 9.84 Å². The van der Waals surface area contributed by atoms with Crippen molar-refractivity contribution in [2.75, 3.05) is 39.4 Å². The molecule has 0 amide bonds. The zero-order chi connectivity index (χ0) is 15.9. The van der Waals surface area contributed by atoms with Gasteiger partial charge in [-0.05, 0) is 63.5 Å². The van der Waals surface area contributed by atoms with Crippen molar-refractivity contribution in [1.29, 1.82) is 0 Å². The summed E-state index contributed by atoms with van der Waals surface area (Å²) >= 11 is 6.19. The van der Waals surface area contributed by atoms with Crippen LogP contribution in [0.15, 0.2) is 18.2 Å². The first-order chi connectivity index (χ1) is 10.7. The zero-order valence-corrected chi connectivity index (χ0v) is 14.1. The number of rotatable bonds is 7. The molecule has 1 aliphatic heterocycles. The molecule has 1 heterocycles. The van der Waals surface area contributed by atoms with Crippen molar-refractivity contribution in [3.05, 3.63) is 28.8 Å². The Kier molecular flexibility index (Phi) is 6.96. The van der Waals surface area contributed by atoms with Crippen LogP contribution in [0.25, 0.3) is 0 Å². The minimum absolute atomic E-state index is 0.230. The van der Waals surface area contributed by atoms with Gasteiger partial charge in [0.2, 0.25) is 0 Å². The van der Waals surface area contributed by atoms with E-state index in [1.54, 1.807) is 0 Å². The number of likely N-dealkylation sites (tertiary alicyclic amines) is 1. The van der Waals surface area contributed by atoms with Gasteiger partial charge >= 0.3 is 0 Å². The summed E-state index contributed by atoms with van der Waals surface area (Å²) in [7, 11) is 0. The van der Waals surface area contributed by atoms with Gasteiger partial charge < -0.3 is 20.5 Å². The molecule has 0 bridgehead atoms. The van der Waals surface area contributed by atoms with Crippen LogP contribution in [0.2, 0.25) is 5.02 Å². The van der Waals surface area contributed by atoms with Crippen molar-refractivity contribution in [3.63, 3.8) is 0 Å². The summed E-state index contributed by atoms with van der Waals surface area (Å²) in [5.74, 6) is 1.72. The first-order valence-electron chi connectivity index (χ1n) is 8.15. The van der Waals surface area contributed by atoms with Gasteiger partial charge in [-0.3, -0.25) is 0 Å². The number of nitrogens with zero attached hydrogens (tertiary/aromatic N) is 1. The molecule has 1 saturated heterocycles. The second-order valence-electron chi connectivity index (χ2n) is 5.86. The van der Waals surface area contributed by atoms with Gasteiger partial charge in [-0.1, -0.05) is 11.6 Å². The van der Waals surface area contributed by atoms with Gasteiger partial charge in [-0.2, -0.15) is 0 Å². The minimum atomic E-state index is 0.230. The van der Waals surface area contributed by atoms with Crippen LogP contribution < -0.4 is 10.5 Å². The van der Waals surface area contributed by atoms with Gasteiger partial charge in [-0.15, -0.1) is 0 Å². The quantitative estimate of drug-likeness (QED) is 0.808. The first kappa shape index (κ1) is 17.5. The summed E-state index contributed by atoms with van der Waals surface area (Å²) in [5.41, 5.74) is 7.23. The molecule has 5 heteroatoms. The molecule has 0 radical (unpaired) electrons. The van der Waals surface area contributed by atoms with Crippen molar-refractivity contribution in [3.8, 4) is 5.75 Å². The Morgan fingerprint density at radius 2 is 2.14 bits per heavy atom. The normalized spacial score (nSPS) is 18.4. The van der Waals surface area contributed by atoms with Gasteiger partial charge in [0.05, 0.1) is 13.2 Å². The Hall–Kier alpha value is -0.810. The van der Waals surface area contributed by atoms with Crippen molar-refractivity contribution in [1.82, 2.24) is 4.90 Å². The van der Waals surface area contributed by atoms with E-state index in [1.807, 2.05) is 25.1 Å². The van der Waals surface area contributed by atoms with Crippen LogP contribution in [0.1, 0.15) is 31.2 Å². The third-order valence-electron chi connectivity index (χ3n) is 4.54. The van der Waals surface area contributed by atoms with E-state index in [1.165, 1.54) is 0 Å². The predicted octanol–water partition coefficient (Wildman–Crippen LogP) is 2.49. The smallest absolute Gasteiger partial charge is 0.122 e. The van der Waals surface area contributed by atoms with Crippen LogP contribution in [0, 0.1) is 5.92 Å². The summed E-state index contributed by atoms with van der Waals surface area (Å²) < 4.78 is 5.77. The van der Waals surface area contributed by atoms with E-state index >= 15 is 0 Å². The Morgan fingerprint density at radius 3 is 2.73 bits per heavy atom. The first-order valence-corrected chi connectivity index (χ1v) is 8.52. The van der Waals surface area contributed by atoms with E-state index in [-0.39, 0.29) is 12.5 Å². The molecule has 1 aliphatic rings. The highest BCUT2D eigenvalue weighted by atomic mass is 35.5. The van der Waals surface area contributed by atoms with Gasteiger partial charge in [-0.25, -0.2) is 0 Å². The molecule has 0 aliphatic carbocycles. The summed E-state index contributed by atoms with van der Waals surface area (Å²) in [6, 6.07) is 5.82. The standard InChI is InChI=1S/C17H27ClN2O2/c1-2-22-17-4-3-14(18)11-15(17)16(12-19)13-5-7-20(8-6-13)9-10-21/h3-4,11,13,16,21H,2,5-10,12,19H2,1H3. The van der Waals surface area contributed by atoms with E-state index in [0.717, 1.165) is 48.8 Å². The SMILES string of the molecule is CCOc1ccc(Cl)cc1C(CN)C1CCN(CCO)CC1. The Balaban J connectivity index is 2.13. The second kappa shape index (κ2) is 8.73. The van der Waals surface area contributed by atoms with Crippen molar-refractivity contribution >= 4 is 11.6 Å². The average molecular weight is 327 g/mol. The van der Waals surface area contributed by atoms with E-state index < -0.39 is 0 Å². The number of aliphatic hydroxyl groups is 1. The topological polar surface area (TPSA) is 58.7 Å². The number of hydrogen-bond acceptors (Lipinski definition) is 4. The predicted molar refractivity (Wildman–Crippen MR) is 90.7 cm³/mol. The lowest BCUT2D eigenvalue weighted by Crippen LogP contribution is -2.38. The van der Waals surface area contributed by atoms with Crippen LogP contribution in [0.4, 0.5) is 0 Å². The molecule has 2 rings (SSSR count). The molecule has 0 spiro atoms. The molecule has 124 valence electrons. The van der Waals surface area contributed by atoms with Crippen molar-refractivity contribution in [2.24, 2.45) is 11.7 Å². The zero-order valence-electron chi connectivity index (χ0n) is 13.3. The highest BCUT2D eigenvalue weighted by Gasteiger charge is 2.28. The number of β-amino-alcohol motifs (C(OH)–C–C–N with tert-alkyl or cyclic N) is 1. The fraction of sp³-hybridized carbons (Fsp3) is 0.647. The number of hydrogen-bond donors (Lipinski definition) is 2. The number of halogens is 1. The van der Waals surface area contributed by atoms with Crippen LogP contribution in [-0.2, 0) is 0 Å². The lowest BCUT2D eigenvalue weighted by molar-refractivity contribution is 0.138. The van der Waals surface area contributed by atoms with E-state index in [4.69, 9.17) is 27.2 Å². The number of ether oxygens (including phenoxy) is 1. The highest BCUT2D eigenvalue weighted by molar-refractivity contribution is 6.30. The Bertz CT molecular complexity index is 462. The molecule has 4 nitrogen and oxygen atoms in total. The summed E-state index contributed by atoms with van der Waals surface area (Å²) in [4.78, 5) is 2.31. The van der Waals surface area contributed by atoms with E-state index in [9.17, 15) is 0 Å². The molecule has 1 fully saturated rings. The van der Waals surface area contributed by atoms with Crippen molar-refractivity contribution in [2.45, 2.75) is 25.7 Å². The van der Waals surface area contributed by atoms with Gasteiger partial charge in [0.1, 0.15) is 5.75 Å². The van der Waals surface area contributed by atoms with E-state index in [2.05, 4.69) is 4.90 Å². The third kappa shape index (κ3) is 4.35. The number of piperidine rings is 1. The second-order valence-corrected chi connectivity index (χ2v) is 6.30. The Morgan fingerprint density at radius 1 is 1.41 bits per heavy atom. The maximum absolute atomic E-state index is 9.05. The molecular weight excluding hydrogens is 300 g/mol. The summed E-state index contributed by atoms with van der Waals surface area (Å²) in [6.45, 7) is 6.27. The summed E-state index contributed by atoms with van der Waals surface area (Å²) in [6.07, 6.45) is 2.19. The fourth-order valence-electron chi connectivity index (χ4n) is 3.39. The molecule has 0 saturated carbocycles. The molecule has 1 atom stereocenters. The van der Waals surface area contributed by atoms with Gasteiger partial charge in [0.15, 0.2) is 0 Å². The van der Waals surface area contributed by atoms with E-state index in [0.29, 0.717) is 19.1 Å². The maximum Gasteiger partial charge on any atom is 0.122 e. The maximum atomic E-state index is 9.05. The monoisotopic (exact) mass is 326 g/mol. The molecule has 3 N–H and O–H groups in total. The number of aliphatic hydroxyl groups excluding tert-OH is 1. The lowest BCUT2D eigenvalue weighted by Gasteiger charge is -2.36. The molecule has 1 aromatic carbocycles. The molecule has 1 unspecified atom stereocenters. The largest absolute Gasteiger partial charge is 0.494 e. The van der Waals surface area contributed by atoms with Crippen LogP contribution in [0.3, 0.4) is 0 Å². The van der Waals surface area contributed by atoms with Crippen LogP contribution in [-0.4, -0.2) is 49.4 Å². The lowest BCUT2D eigenvalue weighted by atomic mass is 9.79. The number of nitrogens with two attached hydrogens (primary N) is 1. The van der Waals surface area contributed by atoms with Crippen LogP contribution in [0.5, 0.6) is 5.75 Å². The average Bonchev–Trinajstić information content (AvgIpc) is 2.53. The minimum Gasteiger partial charge on any atom is -0.494 e. The number of benzene rings is 1. The molecule has 0 aromatic heterocycles. The molecule has 22 heavy (non-hydrogen) atoms. The molecular formula is C17H27ClN2O2. The van der Waals surface area contributed by atoms with Gasteiger partial charge in [0.25, 0.3) is 0 Å². The van der Waals surface area contributed by atoms with Gasteiger partial charge in [0, 0.05) is 23.0 Å². The van der Waals surface area contributed by atoms with Crippen LogP contribution >= 0.6 is 11.6 Å². The Labute approximate surface area is 138 Å². The fourth-order valence-corrected chi connectivity index (χ4v) is 3.57. The molecule has 1 aromatic rings. The summed E-state index contributed by atoms with van der Waals surface area (Å²) in [5, 5.41) is 9.78. The highest BCUT2D eigenvalue weighted by Crippen LogP contribution is 2.38.